The van der Waals surface area contributed by atoms with Gasteiger partial charge in [-0.15, -0.1) is 0 Å². The van der Waals surface area contributed by atoms with Gasteiger partial charge >= 0.3 is 0 Å². The molecule has 0 saturated carbocycles. The Morgan fingerprint density at radius 1 is 1.15 bits per heavy atom. The van der Waals surface area contributed by atoms with Gasteiger partial charge in [-0.3, -0.25) is 13.9 Å². The van der Waals surface area contributed by atoms with E-state index in [1.165, 1.54) is 4.90 Å². The molecule has 33 heavy (non-hydrogen) atoms. The maximum absolute atomic E-state index is 13.4. The molecule has 0 aliphatic carbocycles. The van der Waals surface area contributed by atoms with Gasteiger partial charge in [-0.2, -0.15) is 0 Å². The number of sulfonamides is 1. The van der Waals surface area contributed by atoms with Crippen LogP contribution in [0.5, 0.6) is 0 Å². The summed E-state index contributed by atoms with van der Waals surface area (Å²) >= 11 is 9.63. The van der Waals surface area contributed by atoms with Gasteiger partial charge in [0, 0.05) is 22.6 Å². The molecule has 0 heterocycles. The van der Waals surface area contributed by atoms with Gasteiger partial charge < -0.3 is 10.2 Å². The molecule has 0 radical (unpaired) electrons. The second kappa shape index (κ2) is 12.4. The van der Waals surface area contributed by atoms with Crippen molar-refractivity contribution in [3.63, 3.8) is 0 Å². The zero-order chi connectivity index (χ0) is 24.6. The standard InChI is InChI=1S/C23H29BrClN3O4S/c1-4-5-13-26-23(30)17(2)27(15-18-9-6-7-12-21(18)25)22(29)16-28(33(3,31)32)20-11-8-10-19(24)14-20/h6-12,14,17H,4-5,13,15-16H2,1-3H3,(H,26,30)/t17-/m0/s1. The SMILES string of the molecule is CCCCNC(=O)[C@H](C)N(Cc1ccccc1Cl)C(=O)CN(c1cccc(Br)c1)S(C)(=O)=O. The number of nitrogens with one attached hydrogen (secondary N) is 1. The summed E-state index contributed by atoms with van der Waals surface area (Å²) in [6, 6.07) is 12.9. The molecule has 1 atom stereocenters. The molecule has 0 aromatic heterocycles. The summed E-state index contributed by atoms with van der Waals surface area (Å²) in [5.74, 6) is -0.823. The fourth-order valence-corrected chi connectivity index (χ4v) is 4.60. The lowest BCUT2D eigenvalue weighted by atomic mass is 10.1. The second-order valence-electron chi connectivity index (χ2n) is 7.68. The van der Waals surface area contributed by atoms with E-state index in [0.717, 1.165) is 23.4 Å². The zero-order valence-corrected chi connectivity index (χ0v) is 22.1. The van der Waals surface area contributed by atoms with Crippen LogP contribution in [-0.2, 0) is 26.2 Å². The predicted octanol–water partition coefficient (Wildman–Crippen LogP) is 4.20. The summed E-state index contributed by atoms with van der Waals surface area (Å²) in [7, 11) is -3.77. The Morgan fingerprint density at radius 3 is 2.45 bits per heavy atom. The summed E-state index contributed by atoms with van der Waals surface area (Å²) in [5, 5.41) is 3.30. The first kappa shape index (κ1) is 27.1. The van der Waals surface area contributed by atoms with Crippen LogP contribution in [0.2, 0.25) is 5.02 Å². The minimum atomic E-state index is -3.77. The molecular formula is C23H29BrClN3O4S. The molecule has 0 unspecified atom stereocenters. The highest BCUT2D eigenvalue weighted by Crippen LogP contribution is 2.23. The Labute approximate surface area is 209 Å². The summed E-state index contributed by atoms with van der Waals surface area (Å²) in [6.07, 6.45) is 2.79. The number of carbonyl (C=O) groups is 2. The van der Waals surface area contributed by atoms with Crippen molar-refractivity contribution < 1.29 is 18.0 Å². The molecule has 7 nitrogen and oxygen atoms in total. The number of hydrogen-bond donors (Lipinski definition) is 1. The van der Waals surface area contributed by atoms with Crippen molar-refractivity contribution in [3.05, 3.63) is 63.6 Å². The highest BCUT2D eigenvalue weighted by molar-refractivity contribution is 9.10. The van der Waals surface area contributed by atoms with Gasteiger partial charge in [0.15, 0.2) is 0 Å². The van der Waals surface area contributed by atoms with Crippen molar-refractivity contribution in [2.45, 2.75) is 39.3 Å². The van der Waals surface area contributed by atoms with Crippen molar-refractivity contribution >= 4 is 55.1 Å². The van der Waals surface area contributed by atoms with E-state index in [9.17, 15) is 18.0 Å². The molecule has 0 aliphatic heterocycles. The molecule has 2 amide bonds. The lowest BCUT2D eigenvalue weighted by molar-refractivity contribution is -0.139. The molecule has 180 valence electrons. The molecular weight excluding hydrogens is 530 g/mol. The van der Waals surface area contributed by atoms with Gasteiger partial charge in [0.1, 0.15) is 12.6 Å². The first-order valence-electron chi connectivity index (χ1n) is 10.6. The van der Waals surface area contributed by atoms with E-state index >= 15 is 0 Å². The Balaban J connectivity index is 2.36. The second-order valence-corrected chi connectivity index (χ2v) is 10.9. The minimum Gasteiger partial charge on any atom is -0.354 e. The van der Waals surface area contributed by atoms with Crippen molar-refractivity contribution in [1.29, 1.82) is 0 Å². The van der Waals surface area contributed by atoms with Gasteiger partial charge in [0.25, 0.3) is 0 Å². The fourth-order valence-electron chi connectivity index (χ4n) is 3.17. The zero-order valence-electron chi connectivity index (χ0n) is 18.9. The largest absolute Gasteiger partial charge is 0.354 e. The number of carbonyl (C=O) groups excluding carboxylic acids is 2. The van der Waals surface area contributed by atoms with E-state index in [1.807, 2.05) is 6.92 Å². The normalized spacial score (nSPS) is 12.2. The monoisotopic (exact) mass is 557 g/mol. The molecule has 0 saturated heterocycles. The fraction of sp³-hybridized carbons (Fsp3) is 0.391. The molecule has 0 fully saturated rings. The van der Waals surface area contributed by atoms with E-state index in [-0.39, 0.29) is 12.5 Å². The van der Waals surface area contributed by atoms with Gasteiger partial charge in [-0.05, 0) is 43.2 Å². The Bertz CT molecular complexity index is 1080. The molecule has 2 rings (SSSR count). The number of rotatable bonds is 11. The number of benzene rings is 2. The minimum absolute atomic E-state index is 0.0664. The number of hydrogen-bond acceptors (Lipinski definition) is 4. The highest BCUT2D eigenvalue weighted by Gasteiger charge is 2.30. The number of unbranched alkanes of at least 4 members (excludes halogenated alkanes) is 1. The average Bonchev–Trinajstić information content (AvgIpc) is 2.75. The Kier molecular flexibility index (Phi) is 10.2. The molecule has 0 bridgehead atoms. The van der Waals surface area contributed by atoms with Crippen LogP contribution in [0.4, 0.5) is 5.69 Å². The molecule has 10 heteroatoms. The van der Waals surface area contributed by atoms with Crippen LogP contribution in [0.15, 0.2) is 53.0 Å². The van der Waals surface area contributed by atoms with Crippen LogP contribution in [0.3, 0.4) is 0 Å². The lowest BCUT2D eigenvalue weighted by Crippen LogP contribution is -2.51. The third-order valence-corrected chi connectivity index (χ3v) is 7.07. The first-order chi connectivity index (χ1) is 15.5. The highest BCUT2D eigenvalue weighted by atomic mass is 79.9. The van der Waals surface area contributed by atoms with Crippen LogP contribution in [0.25, 0.3) is 0 Å². The maximum Gasteiger partial charge on any atom is 0.244 e. The average molecular weight is 559 g/mol. The quantitative estimate of drug-likeness (QED) is 0.419. The van der Waals surface area contributed by atoms with Crippen LogP contribution < -0.4 is 9.62 Å². The molecule has 1 N–H and O–H groups in total. The van der Waals surface area contributed by atoms with Gasteiger partial charge in [-0.1, -0.05) is 65.1 Å². The first-order valence-corrected chi connectivity index (χ1v) is 13.6. The van der Waals surface area contributed by atoms with E-state index in [4.69, 9.17) is 11.6 Å². The number of anilines is 1. The van der Waals surface area contributed by atoms with Crippen molar-refractivity contribution in [1.82, 2.24) is 10.2 Å². The van der Waals surface area contributed by atoms with Crippen molar-refractivity contribution in [3.8, 4) is 0 Å². The van der Waals surface area contributed by atoms with Crippen LogP contribution in [-0.4, -0.2) is 50.5 Å². The predicted molar refractivity (Wildman–Crippen MR) is 136 cm³/mol. The maximum atomic E-state index is 13.4. The van der Waals surface area contributed by atoms with E-state index in [2.05, 4.69) is 21.2 Å². The number of halogens is 2. The Hall–Kier alpha value is -2.10. The molecule has 2 aromatic carbocycles. The Morgan fingerprint density at radius 2 is 1.85 bits per heavy atom. The topological polar surface area (TPSA) is 86.8 Å². The summed E-state index contributed by atoms with van der Waals surface area (Å²) in [6.45, 7) is 3.76. The van der Waals surface area contributed by atoms with E-state index < -0.39 is 28.5 Å². The lowest BCUT2D eigenvalue weighted by Gasteiger charge is -2.31. The summed E-state index contributed by atoms with van der Waals surface area (Å²) < 4.78 is 26.8. The summed E-state index contributed by atoms with van der Waals surface area (Å²) in [4.78, 5) is 27.6. The summed E-state index contributed by atoms with van der Waals surface area (Å²) in [5.41, 5.74) is 1.01. The van der Waals surface area contributed by atoms with Crippen LogP contribution in [0, 0.1) is 0 Å². The van der Waals surface area contributed by atoms with Crippen LogP contribution in [0.1, 0.15) is 32.3 Å². The van der Waals surface area contributed by atoms with E-state index in [0.29, 0.717) is 27.3 Å². The van der Waals surface area contributed by atoms with Gasteiger partial charge in [0.2, 0.25) is 21.8 Å². The number of amides is 2. The van der Waals surface area contributed by atoms with Crippen molar-refractivity contribution in [2.75, 3.05) is 23.7 Å². The third kappa shape index (κ3) is 8.01. The smallest absolute Gasteiger partial charge is 0.244 e. The molecule has 0 aliphatic rings. The number of nitrogens with zero attached hydrogens (tertiary/aromatic N) is 2. The van der Waals surface area contributed by atoms with Crippen molar-refractivity contribution in [2.24, 2.45) is 0 Å². The van der Waals surface area contributed by atoms with Gasteiger partial charge in [-0.25, -0.2) is 8.42 Å². The van der Waals surface area contributed by atoms with E-state index in [1.54, 1.807) is 55.5 Å². The third-order valence-electron chi connectivity index (χ3n) is 5.07. The molecule has 0 spiro atoms. The molecule has 2 aromatic rings. The van der Waals surface area contributed by atoms with Gasteiger partial charge in [0.05, 0.1) is 11.9 Å². The van der Waals surface area contributed by atoms with Crippen LogP contribution >= 0.6 is 27.5 Å².